The van der Waals surface area contributed by atoms with E-state index in [1.807, 2.05) is 6.08 Å². The van der Waals surface area contributed by atoms with Crippen molar-refractivity contribution < 1.29 is 0 Å². The van der Waals surface area contributed by atoms with Crippen LogP contribution in [0, 0.1) is 11.3 Å². The minimum Gasteiger partial charge on any atom is -0.103 e. The Morgan fingerprint density at radius 3 is 1.41 bits per heavy atom. The van der Waals surface area contributed by atoms with Crippen molar-refractivity contribution in [3.8, 4) is 0 Å². The van der Waals surface area contributed by atoms with Crippen LogP contribution in [0.1, 0.15) is 115 Å². The second-order valence-corrected chi connectivity index (χ2v) is 7.80. The van der Waals surface area contributed by atoms with E-state index in [1.54, 1.807) is 0 Å². The second-order valence-electron chi connectivity index (χ2n) is 7.80. The fourth-order valence-electron chi connectivity index (χ4n) is 1.32. The summed E-state index contributed by atoms with van der Waals surface area (Å²) in [5.74, 6) is 0.708. The quantitative estimate of drug-likeness (QED) is 0.368. The van der Waals surface area contributed by atoms with E-state index in [9.17, 15) is 0 Å². The van der Waals surface area contributed by atoms with E-state index in [0.717, 1.165) is 0 Å². The number of allylic oxidation sites excluding steroid dienone is 6. The molecule has 0 N–H and O–H groups in total. The molecule has 0 saturated heterocycles. The van der Waals surface area contributed by atoms with E-state index in [4.69, 9.17) is 0 Å². The molecule has 0 aliphatic rings. The molecule has 0 amide bonds. The maximum Gasteiger partial charge on any atom is -0.0180 e. The predicted molar refractivity (Wildman–Crippen MR) is 133 cm³/mol. The lowest BCUT2D eigenvalue weighted by Crippen LogP contribution is -2.02. The third-order valence-corrected chi connectivity index (χ3v) is 4.67. The maximum atomic E-state index is 3.83. The van der Waals surface area contributed by atoms with Gasteiger partial charge in [0.05, 0.1) is 0 Å². The highest BCUT2D eigenvalue weighted by molar-refractivity contribution is 4.95. The van der Waals surface area contributed by atoms with Gasteiger partial charge in [0.15, 0.2) is 0 Å². The zero-order chi connectivity index (χ0) is 22.3. The monoisotopic (exact) mass is 378 g/mol. The fourth-order valence-corrected chi connectivity index (χ4v) is 1.32. The van der Waals surface area contributed by atoms with Crippen molar-refractivity contribution in [2.45, 2.75) is 115 Å². The van der Waals surface area contributed by atoms with Crippen LogP contribution in [0.5, 0.6) is 0 Å². The van der Waals surface area contributed by atoms with E-state index < -0.39 is 0 Å². The molecule has 162 valence electrons. The Balaban J connectivity index is -0.000000131. The van der Waals surface area contributed by atoms with Gasteiger partial charge < -0.3 is 0 Å². The number of hydrogen-bond donors (Lipinski definition) is 0. The van der Waals surface area contributed by atoms with Crippen molar-refractivity contribution in [3.05, 3.63) is 48.6 Å². The minimum atomic E-state index is 0.347. The van der Waals surface area contributed by atoms with E-state index >= 15 is 0 Å². The first-order valence-electron chi connectivity index (χ1n) is 11.1. The van der Waals surface area contributed by atoms with Crippen molar-refractivity contribution >= 4 is 0 Å². The molecule has 0 aliphatic heterocycles. The normalized spacial score (nSPS) is 11.9. The Kier molecular flexibility index (Phi) is 31.0. The Labute approximate surface area is 174 Å². The first-order chi connectivity index (χ1) is 12.5. The van der Waals surface area contributed by atoms with Crippen molar-refractivity contribution in [2.24, 2.45) is 11.3 Å². The molecule has 0 aromatic carbocycles. The highest BCUT2D eigenvalue weighted by Gasteiger charge is 2.06. The van der Waals surface area contributed by atoms with Crippen LogP contribution >= 0.6 is 0 Å². The van der Waals surface area contributed by atoms with Crippen molar-refractivity contribution in [1.29, 1.82) is 0 Å². The van der Waals surface area contributed by atoms with E-state index in [2.05, 4.69) is 108 Å². The maximum absolute atomic E-state index is 3.83. The molecule has 0 heteroatoms. The molecular weight excluding hydrogens is 324 g/mol. The van der Waals surface area contributed by atoms with Crippen LogP contribution in [0.4, 0.5) is 0 Å². The van der Waals surface area contributed by atoms with Crippen molar-refractivity contribution in [2.75, 3.05) is 0 Å². The lowest BCUT2D eigenvalue weighted by Gasteiger charge is -2.14. The predicted octanol–water partition coefficient (Wildman–Crippen LogP) is 10.3. The van der Waals surface area contributed by atoms with Gasteiger partial charge in [-0.25, -0.2) is 0 Å². The molecule has 0 heterocycles. The average molecular weight is 379 g/mol. The van der Waals surface area contributed by atoms with Crippen LogP contribution in [-0.4, -0.2) is 0 Å². The fraction of sp³-hybridized carbons (Fsp3) is 0.704. The Morgan fingerprint density at radius 1 is 0.889 bits per heavy atom. The number of hydrogen-bond acceptors (Lipinski definition) is 0. The Hall–Kier alpha value is -1.04. The average Bonchev–Trinajstić information content (AvgIpc) is 2.67. The van der Waals surface area contributed by atoms with Gasteiger partial charge in [-0.05, 0) is 63.7 Å². The van der Waals surface area contributed by atoms with Crippen LogP contribution in [0.15, 0.2) is 48.6 Å². The summed E-state index contributed by atoms with van der Waals surface area (Å²) in [5.41, 5.74) is 3.14. The van der Waals surface area contributed by atoms with Crippen LogP contribution in [-0.2, 0) is 0 Å². The first-order valence-corrected chi connectivity index (χ1v) is 11.1. The van der Waals surface area contributed by atoms with Crippen LogP contribution in [0.3, 0.4) is 0 Å². The smallest absolute Gasteiger partial charge is 0.0180 e. The summed E-state index contributed by atoms with van der Waals surface area (Å²) in [5, 5.41) is 0. The van der Waals surface area contributed by atoms with Gasteiger partial charge in [-0.3, -0.25) is 0 Å². The molecule has 27 heavy (non-hydrogen) atoms. The van der Waals surface area contributed by atoms with Crippen LogP contribution in [0.2, 0.25) is 0 Å². The molecule has 0 aromatic heterocycles. The van der Waals surface area contributed by atoms with Gasteiger partial charge in [0.1, 0.15) is 0 Å². The molecule has 1 atom stereocenters. The van der Waals surface area contributed by atoms with Crippen LogP contribution < -0.4 is 0 Å². The van der Waals surface area contributed by atoms with Crippen LogP contribution in [0.25, 0.3) is 0 Å². The third kappa shape index (κ3) is 36.6. The molecule has 0 aliphatic carbocycles. The van der Waals surface area contributed by atoms with Gasteiger partial charge in [0, 0.05) is 0 Å². The molecule has 1 unspecified atom stereocenters. The van der Waals surface area contributed by atoms with E-state index in [-0.39, 0.29) is 0 Å². The molecule has 0 nitrogen and oxygen atoms in total. The third-order valence-electron chi connectivity index (χ3n) is 4.67. The SMILES string of the molecule is C=C(C)C(C)CC.C=CC(C)(C)CC.CC/C=C(\C)CC.CC/C=C\CC. The van der Waals surface area contributed by atoms with Crippen molar-refractivity contribution in [1.82, 2.24) is 0 Å². The highest BCUT2D eigenvalue weighted by atomic mass is 14.1. The van der Waals surface area contributed by atoms with Gasteiger partial charge in [-0.15, -0.1) is 6.58 Å². The standard InChI is InChI=1S/3C7H14.C6H12/c1-5-7(3,4)6-2;1-5-7(4)6(2)3;1-4-6-7(3)5-2;1-3-5-6-4-2/h5H,1,6H2,2-4H3;7H,2,5H2,1,3-4H3;6H,4-5H2,1-3H3;5-6H,3-4H2,1-2H3/b;;7-6+;6-5-. The molecule has 0 aromatic rings. The second kappa shape index (κ2) is 25.0. The van der Waals surface area contributed by atoms with Crippen molar-refractivity contribution in [3.63, 3.8) is 0 Å². The summed E-state index contributed by atoms with van der Waals surface area (Å²) < 4.78 is 0. The lowest BCUT2D eigenvalue weighted by atomic mass is 9.91. The molecule has 0 rings (SSSR count). The van der Waals surface area contributed by atoms with E-state index in [0.29, 0.717) is 11.3 Å². The summed E-state index contributed by atoms with van der Waals surface area (Å²) >= 11 is 0. The molecule has 0 saturated carbocycles. The summed E-state index contributed by atoms with van der Waals surface area (Å²) in [6.45, 7) is 31.3. The summed E-state index contributed by atoms with van der Waals surface area (Å²) in [6, 6.07) is 0. The first kappa shape index (κ1) is 33.5. The van der Waals surface area contributed by atoms with Gasteiger partial charge in [-0.1, -0.05) is 104 Å². The van der Waals surface area contributed by atoms with E-state index in [1.165, 1.54) is 49.7 Å². The summed E-state index contributed by atoms with van der Waals surface area (Å²) in [4.78, 5) is 0. The van der Waals surface area contributed by atoms with Gasteiger partial charge in [0.2, 0.25) is 0 Å². The zero-order valence-electron chi connectivity index (χ0n) is 21.0. The minimum absolute atomic E-state index is 0.347. The molecule has 0 spiro atoms. The highest BCUT2D eigenvalue weighted by Crippen LogP contribution is 2.19. The van der Waals surface area contributed by atoms with Gasteiger partial charge in [-0.2, -0.15) is 0 Å². The Morgan fingerprint density at radius 2 is 1.33 bits per heavy atom. The Bertz CT molecular complexity index is 359. The summed E-state index contributed by atoms with van der Waals surface area (Å²) in [7, 11) is 0. The largest absolute Gasteiger partial charge is 0.103 e. The topological polar surface area (TPSA) is 0 Å². The molecule has 0 bridgehead atoms. The molecular formula is C27H54. The van der Waals surface area contributed by atoms with Gasteiger partial charge in [0.25, 0.3) is 0 Å². The summed E-state index contributed by atoms with van der Waals surface area (Å²) in [6.07, 6.45) is 15.7. The lowest BCUT2D eigenvalue weighted by molar-refractivity contribution is 0.463. The molecule has 0 radical (unpaired) electrons. The molecule has 0 fully saturated rings. The number of rotatable bonds is 8. The zero-order valence-corrected chi connectivity index (χ0v) is 21.0. The van der Waals surface area contributed by atoms with Gasteiger partial charge >= 0.3 is 0 Å².